The standard InChI is InChI=1S/C24H32O7/c1-5-24(16-29-14-17-6-10-19(26-2)11-7-17)22(21(25)23(28-4)31-24)30-15-18-8-12-20(27-3)13-9-18/h6-13,21-23,25H,5,14-16H2,1-4H3/t21?,22-,23?,24-/m1/s1. The first-order valence-electron chi connectivity index (χ1n) is 10.4. The predicted octanol–water partition coefficient (Wildman–Crippen LogP) is 3.32. The fraction of sp³-hybridized carbons (Fsp3) is 0.500. The summed E-state index contributed by atoms with van der Waals surface area (Å²) in [6.45, 7) is 2.99. The van der Waals surface area contributed by atoms with Crippen LogP contribution in [0.15, 0.2) is 48.5 Å². The van der Waals surface area contributed by atoms with Crippen LogP contribution in [-0.4, -0.2) is 57.1 Å². The van der Waals surface area contributed by atoms with E-state index >= 15 is 0 Å². The second-order valence-corrected chi connectivity index (χ2v) is 7.55. The van der Waals surface area contributed by atoms with Gasteiger partial charge in [-0.3, -0.25) is 0 Å². The number of aliphatic hydroxyl groups is 1. The minimum Gasteiger partial charge on any atom is -0.497 e. The Labute approximate surface area is 183 Å². The molecule has 31 heavy (non-hydrogen) atoms. The SMILES string of the molecule is CC[C@]1(COCc2ccc(OC)cc2)OC(OC)C(O)[C@H]1OCc1ccc(OC)cc1. The van der Waals surface area contributed by atoms with Crippen molar-refractivity contribution in [1.82, 2.24) is 0 Å². The van der Waals surface area contributed by atoms with E-state index in [1.54, 1.807) is 14.2 Å². The summed E-state index contributed by atoms with van der Waals surface area (Å²) < 4.78 is 34.0. The zero-order chi connectivity index (χ0) is 22.3. The van der Waals surface area contributed by atoms with Gasteiger partial charge in [-0.15, -0.1) is 0 Å². The lowest BCUT2D eigenvalue weighted by molar-refractivity contribution is -0.198. The average Bonchev–Trinajstić information content (AvgIpc) is 3.09. The monoisotopic (exact) mass is 432 g/mol. The highest BCUT2D eigenvalue weighted by atomic mass is 16.7. The summed E-state index contributed by atoms with van der Waals surface area (Å²) in [5.74, 6) is 1.58. The molecule has 7 heteroatoms. The lowest BCUT2D eigenvalue weighted by Crippen LogP contribution is -2.48. The molecule has 3 rings (SSSR count). The van der Waals surface area contributed by atoms with Gasteiger partial charge in [0.2, 0.25) is 0 Å². The van der Waals surface area contributed by atoms with Gasteiger partial charge < -0.3 is 33.5 Å². The molecule has 2 unspecified atom stereocenters. The third-order valence-electron chi connectivity index (χ3n) is 5.65. The first kappa shape index (κ1) is 23.5. The quantitative estimate of drug-likeness (QED) is 0.584. The van der Waals surface area contributed by atoms with Crippen LogP contribution in [0.2, 0.25) is 0 Å². The van der Waals surface area contributed by atoms with Crippen LogP contribution in [-0.2, 0) is 32.2 Å². The van der Waals surface area contributed by atoms with Gasteiger partial charge in [-0.05, 0) is 41.8 Å². The largest absolute Gasteiger partial charge is 0.497 e. The van der Waals surface area contributed by atoms with Crippen molar-refractivity contribution in [3.05, 3.63) is 59.7 Å². The predicted molar refractivity (Wildman–Crippen MR) is 115 cm³/mol. The first-order chi connectivity index (χ1) is 15.0. The molecule has 0 bridgehead atoms. The fourth-order valence-corrected chi connectivity index (χ4v) is 3.73. The van der Waals surface area contributed by atoms with Gasteiger partial charge in [0.25, 0.3) is 0 Å². The molecular formula is C24H32O7. The molecule has 0 saturated carbocycles. The molecule has 0 aliphatic carbocycles. The molecule has 4 atom stereocenters. The Hall–Kier alpha value is -2.16. The molecule has 2 aromatic carbocycles. The highest BCUT2D eigenvalue weighted by molar-refractivity contribution is 5.27. The van der Waals surface area contributed by atoms with Gasteiger partial charge >= 0.3 is 0 Å². The molecule has 170 valence electrons. The van der Waals surface area contributed by atoms with Crippen LogP contribution in [0.4, 0.5) is 0 Å². The number of hydrogen-bond donors (Lipinski definition) is 1. The van der Waals surface area contributed by atoms with E-state index in [0.717, 1.165) is 22.6 Å². The van der Waals surface area contributed by atoms with E-state index < -0.39 is 24.1 Å². The Morgan fingerprint density at radius 2 is 1.42 bits per heavy atom. The second-order valence-electron chi connectivity index (χ2n) is 7.55. The minimum absolute atomic E-state index is 0.264. The molecule has 0 aromatic heterocycles. The van der Waals surface area contributed by atoms with Crippen LogP contribution >= 0.6 is 0 Å². The highest BCUT2D eigenvalue weighted by Gasteiger charge is 2.55. The number of aliphatic hydroxyl groups excluding tert-OH is 1. The number of hydrogen-bond acceptors (Lipinski definition) is 7. The topological polar surface area (TPSA) is 75.6 Å². The van der Waals surface area contributed by atoms with E-state index in [9.17, 15) is 5.11 Å². The van der Waals surface area contributed by atoms with Crippen LogP contribution in [0.5, 0.6) is 11.5 Å². The first-order valence-corrected chi connectivity index (χ1v) is 10.4. The van der Waals surface area contributed by atoms with Gasteiger partial charge in [0.05, 0.1) is 34.0 Å². The highest BCUT2D eigenvalue weighted by Crippen LogP contribution is 2.37. The summed E-state index contributed by atoms with van der Waals surface area (Å²) in [6.07, 6.45) is -1.70. The van der Waals surface area contributed by atoms with E-state index in [1.807, 2.05) is 55.5 Å². The van der Waals surface area contributed by atoms with Crippen molar-refractivity contribution in [3.8, 4) is 11.5 Å². The molecule has 2 aromatic rings. The van der Waals surface area contributed by atoms with Gasteiger partial charge in [-0.1, -0.05) is 31.2 Å². The number of benzene rings is 2. The van der Waals surface area contributed by atoms with E-state index in [-0.39, 0.29) is 6.61 Å². The summed E-state index contributed by atoms with van der Waals surface area (Å²) in [7, 11) is 4.78. The maximum absolute atomic E-state index is 10.8. The van der Waals surface area contributed by atoms with Gasteiger partial charge in [0, 0.05) is 7.11 Å². The number of ether oxygens (including phenoxy) is 6. The van der Waals surface area contributed by atoms with Gasteiger partial charge in [0.15, 0.2) is 6.29 Å². The molecule has 1 aliphatic heterocycles. The molecule has 0 amide bonds. The van der Waals surface area contributed by atoms with Crippen LogP contribution in [0, 0.1) is 0 Å². The smallest absolute Gasteiger partial charge is 0.186 e. The summed E-state index contributed by atoms with van der Waals surface area (Å²) in [5, 5.41) is 10.8. The molecule has 1 saturated heterocycles. The van der Waals surface area contributed by atoms with Crippen molar-refractivity contribution in [1.29, 1.82) is 0 Å². The lowest BCUT2D eigenvalue weighted by atomic mass is 9.93. The van der Waals surface area contributed by atoms with Crippen molar-refractivity contribution >= 4 is 0 Å². The van der Waals surface area contributed by atoms with Gasteiger partial charge in [-0.2, -0.15) is 0 Å². The summed E-state index contributed by atoms with van der Waals surface area (Å²) in [4.78, 5) is 0. The summed E-state index contributed by atoms with van der Waals surface area (Å²) >= 11 is 0. The summed E-state index contributed by atoms with van der Waals surface area (Å²) in [5.41, 5.74) is 1.17. The normalized spacial score (nSPS) is 25.5. The molecule has 7 nitrogen and oxygen atoms in total. The molecular weight excluding hydrogens is 400 g/mol. The van der Waals surface area contributed by atoms with Crippen molar-refractivity contribution in [2.45, 2.75) is 50.7 Å². The van der Waals surface area contributed by atoms with Crippen LogP contribution in [0.25, 0.3) is 0 Å². The van der Waals surface area contributed by atoms with E-state index in [1.165, 1.54) is 7.11 Å². The molecule has 1 fully saturated rings. The average molecular weight is 433 g/mol. The summed E-state index contributed by atoms with van der Waals surface area (Å²) in [6, 6.07) is 15.3. The van der Waals surface area contributed by atoms with Crippen LogP contribution < -0.4 is 9.47 Å². The van der Waals surface area contributed by atoms with Crippen molar-refractivity contribution < 1.29 is 33.5 Å². The Bertz CT molecular complexity index is 793. The minimum atomic E-state index is -0.923. The third-order valence-corrected chi connectivity index (χ3v) is 5.65. The number of rotatable bonds is 11. The zero-order valence-corrected chi connectivity index (χ0v) is 18.6. The fourth-order valence-electron chi connectivity index (χ4n) is 3.73. The third kappa shape index (κ3) is 5.56. The van der Waals surface area contributed by atoms with Gasteiger partial charge in [-0.25, -0.2) is 0 Å². The molecule has 1 aliphatic rings. The molecule has 1 N–H and O–H groups in total. The maximum atomic E-state index is 10.8. The molecule has 0 spiro atoms. The van der Waals surface area contributed by atoms with E-state index in [2.05, 4.69) is 0 Å². The Morgan fingerprint density at radius 1 is 0.871 bits per heavy atom. The Morgan fingerprint density at radius 3 is 1.90 bits per heavy atom. The van der Waals surface area contributed by atoms with E-state index in [0.29, 0.717) is 19.6 Å². The maximum Gasteiger partial charge on any atom is 0.186 e. The van der Waals surface area contributed by atoms with Crippen molar-refractivity contribution in [2.75, 3.05) is 27.9 Å². The zero-order valence-electron chi connectivity index (χ0n) is 18.6. The molecule has 0 radical (unpaired) electrons. The van der Waals surface area contributed by atoms with Crippen LogP contribution in [0.3, 0.4) is 0 Å². The van der Waals surface area contributed by atoms with Crippen molar-refractivity contribution in [2.24, 2.45) is 0 Å². The van der Waals surface area contributed by atoms with E-state index in [4.69, 9.17) is 28.4 Å². The second kappa shape index (κ2) is 10.9. The lowest BCUT2D eigenvalue weighted by Gasteiger charge is -2.33. The molecule has 1 heterocycles. The Kier molecular flexibility index (Phi) is 8.28. The van der Waals surface area contributed by atoms with Crippen LogP contribution in [0.1, 0.15) is 24.5 Å². The van der Waals surface area contributed by atoms with Gasteiger partial charge in [0.1, 0.15) is 29.3 Å². The Balaban J connectivity index is 1.66. The van der Waals surface area contributed by atoms with Crippen molar-refractivity contribution in [3.63, 3.8) is 0 Å². The number of methoxy groups -OCH3 is 3.